The van der Waals surface area contributed by atoms with E-state index >= 15 is 0 Å². The number of hydrogen-bond donors (Lipinski definition) is 0. The SMILES string of the molecule is C.CCOC(=O)C1=C(OS(=O)(=O)C(F)(F)F)CCCC1.CCOC(=O)C1CCCCC1=O.COCC1=C(c2ccnn2C(C)C)CN(C(=O)OC(C)(C)C)CC1.O=S(=O)(OS(=O)(=O)C(F)(F)F)C(F)(F)F. The summed E-state index contributed by atoms with van der Waals surface area (Å²) in [6.07, 6.45) is 6.55. The molecule has 1 atom stereocenters. The van der Waals surface area contributed by atoms with Crippen LogP contribution in [-0.2, 0) is 71.5 Å². The molecule has 71 heavy (non-hydrogen) atoms. The highest BCUT2D eigenvalue weighted by Gasteiger charge is 2.57. The second-order valence-corrected chi connectivity index (χ2v) is 20.9. The molecule has 0 saturated heterocycles. The lowest BCUT2D eigenvalue weighted by Crippen LogP contribution is -2.41. The van der Waals surface area contributed by atoms with Crippen LogP contribution in [0.1, 0.15) is 125 Å². The van der Waals surface area contributed by atoms with Crippen LogP contribution in [0.15, 0.2) is 29.2 Å². The van der Waals surface area contributed by atoms with Gasteiger partial charge in [-0.2, -0.15) is 69.9 Å². The largest absolute Gasteiger partial charge is 0.534 e. The van der Waals surface area contributed by atoms with Gasteiger partial charge in [0, 0.05) is 38.7 Å². The summed E-state index contributed by atoms with van der Waals surface area (Å²) in [6.45, 7) is 15.3. The van der Waals surface area contributed by atoms with E-state index in [4.69, 9.17) is 14.2 Å². The number of ketones is 1. The minimum Gasteiger partial charge on any atom is -0.465 e. The molecule has 31 heteroatoms. The molecule has 2 heterocycles. The van der Waals surface area contributed by atoms with Gasteiger partial charge < -0.3 is 28.0 Å². The molecule has 412 valence electrons. The number of hydrogen-bond acceptors (Lipinski definition) is 17. The molecule has 1 aromatic rings. The Hall–Kier alpha value is -4.49. The van der Waals surface area contributed by atoms with Crippen molar-refractivity contribution >= 4 is 59.7 Å². The average molecular weight is 1110 g/mol. The Bertz CT molecular complexity index is 2310. The maximum atomic E-state index is 12.4. The number of rotatable bonds is 12. The van der Waals surface area contributed by atoms with E-state index in [-0.39, 0.29) is 56.3 Å². The number of nitrogens with zero attached hydrogens (tertiary/aromatic N) is 3. The molecule has 0 radical (unpaired) electrons. The van der Waals surface area contributed by atoms with E-state index in [0.29, 0.717) is 52.0 Å². The number of aromatic nitrogens is 2. The first-order valence-corrected chi connectivity index (χ1v) is 25.2. The molecule has 2 aliphatic carbocycles. The van der Waals surface area contributed by atoms with Crippen LogP contribution in [0.3, 0.4) is 0 Å². The fourth-order valence-corrected chi connectivity index (χ4v) is 8.20. The van der Waals surface area contributed by atoms with Crippen LogP contribution in [0, 0.1) is 5.92 Å². The lowest BCUT2D eigenvalue weighted by molar-refractivity contribution is -0.152. The summed E-state index contributed by atoms with van der Waals surface area (Å²) in [6, 6.07) is 2.26. The smallest absolute Gasteiger partial charge is 0.465 e. The lowest BCUT2D eigenvalue weighted by atomic mass is 9.88. The Morgan fingerprint density at radius 1 is 0.775 bits per heavy atom. The summed E-state index contributed by atoms with van der Waals surface area (Å²) in [5.74, 6) is -2.04. The van der Waals surface area contributed by atoms with Crippen LogP contribution >= 0.6 is 0 Å². The topological polar surface area (TPSA) is 247 Å². The van der Waals surface area contributed by atoms with Crippen LogP contribution in [0.25, 0.3) is 5.57 Å². The van der Waals surface area contributed by atoms with Crippen LogP contribution in [0.4, 0.5) is 44.3 Å². The first-order chi connectivity index (χ1) is 31.9. The molecule has 1 aromatic heterocycles. The normalized spacial score (nSPS) is 17.3. The summed E-state index contributed by atoms with van der Waals surface area (Å²) < 4.78 is 195. The minimum atomic E-state index is -6.85. The molecule has 19 nitrogen and oxygen atoms in total. The van der Waals surface area contributed by atoms with Gasteiger partial charge in [0.15, 0.2) is 0 Å². The summed E-state index contributed by atoms with van der Waals surface area (Å²) in [5, 5.41) is 4.42. The molecule has 0 spiro atoms. The summed E-state index contributed by atoms with van der Waals surface area (Å²) in [4.78, 5) is 48.1. The Labute approximate surface area is 406 Å². The van der Waals surface area contributed by atoms with Gasteiger partial charge in [0.05, 0.1) is 37.6 Å². The highest BCUT2D eigenvalue weighted by atomic mass is 32.3. The number of halogens is 9. The molecule has 0 N–H and O–H groups in total. The van der Waals surface area contributed by atoms with E-state index in [1.165, 1.54) is 12.5 Å². The molecule has 3 aliphatic rings. The van der Waals surface area contributed by atoms with Crippen LogP contribution in [0.5, 0.6) is 0 Å². The number of ether oxygens (including phenoxy) is 4. The number of methoxy groups -OCH3 is 1. The summed E-state index contributed by atoms with van der Waals surface area (Å²) >= 11 is 0. The van der Waals surface area contributed by atoms with Gasteiger partial charge in [-0.1, -0.05) is 13.8 Å². The van der Waals surface area contributed by atoms with E-state index < -0.39 is 70.1 Å². The molecule has 1 saturated carbocycles. The van der Waals surface area contributed by atoms with Crippen molar-refractivity contribution in [2.75, 3.05) is 40.0 Å². The molecule has 1 amide bonds. The number of Topliss-reactive ketones (excluding diaryl/α,β-unsaturated/α-hetero) is 1. The van der Waals surface area contributed by atoms with Crippen molar-refractivity contribution in [1.29, 1.82) is 0 Å². The number of allylic oxidation sites excluding steroid dienone is 1. The van der Waals surface area contributed by atoms with Gasteiger partial charge in [-0.25, -0.2) is 9.59 Å². The van der Waals surface area contributed by atoms with Gasteiger partial charge in [-0.05, 0) is 104 Å². The molecular formula is C40H60F9N3O16S3. The standard InChI is InChI=1S/C18H29N3O3.C10H13F3O5S.C9H14O3.C2F6O5S2.CH4/c1-13(2)21-16(7-9-19-21)15-11-20(10-8-14(15)12-23-6)17(22)24-18(3,4)5;1-2-17-9(14)7-5-3-4-6-8(7)18-19(15,16)10(11,12)13;1-2-12-9(11)7-5-3-4-6-8(7)10;3-1(4,5)14(9,10)13-15(11,12)2(6,7)8;/h7,9,13H,8,10-12H2,1-6H3;2-6H2,1H3;7H,2-6H2,1H3;;1H4. The molecule has 0 bridgehead atoms. The second kappa shape index (κ2) is 27.5. The van der Waals surface area contributed by atoms with E-state index in [2.05, 4.69) is 27.9 Å². The Morgan fingerprint density at radius 3 is 1.76 bits per heavy atom. The number of esters is 2. The Kier molecular flexibility index (Phi) is 25.8. The number of carbonyl (C=O) groups is 4. The van der Waals surface area contributed by atoms with Crippen molar-refractivity contribution in [3.63, 3.8) is 0 Å². The summed E-state index contributed by atoms with van der Waals surface area (Å²) in [5.41, 5.74) is -15.3. The van der Waals surface area contributed by atoms with Gasteiger partial charge in [0.1, 0.15) is 23.1 Å². The van der Waals surface area contributed by atoms with Crippen molar-refractivity contribution in [2.45, 2.75) is 142 Å². The Balaban J connectivity index is 0.000000945. The quantitative estimate of drug-likeness (QED) is 0.0476. The zero-order valence-electron chi connectivity index (χ0n) is 39.2. The number of alkyl halides is 9. The fourth-order valence-electron chi connectivity index (χ4n) is 6.10. The van der Waals surface area contributed by atoms with Crippen molar-refractivity contribution in [2.24, 2.45) is 5.92 Å². The fraction of sp³-hybridized carbons (Fsp3) is 0.725. The molecule has 0 aromatic carbocycles. The molecule has 1 fully saturated rings. The highest BCUT2D eigenvalue weighted by Crippen LogP contribution is 2.35. The third-order valence-electron chi connectivity index (χ3n) is 9.20. The average Bonchev–Trinajstić information content (AvgIpc) is 3.71. The van der Waals surface area contributed by atoms with Gasteiger partial charge >= 0.3 is 64.9 Å². The zero-order valence-corrected chi connectivity index (χ0v) is 41.7. The van der Waals surface area contributed by atoms with E-state index in [1.807, 2.05) is 35.1 Å². The highest BCUT2D eigenvalue weighted by molar-refractivity contribution is 8.00. The van der Waals surface area contributed by atoms with Gasteiger partial charge in [-0.3, -0.25) is 14.3 Å². The van der Waals surface area contributed by atoms with Gasteiger partial charge in [-0.15, -0.1) is 3.63 Å². The third-order valence-corrected chi connectivity index (χ3v) is 12.8. The first kappa shape index (κ1) is 66.5. The first-order valence-electron chi connectivity index (χ1n) is 21.0. The predicted octanol–water partition coefficient (Wildman–Crippen LogP) is 8.40. The van der Waals surface area contributed by atoms with Crippen LogP contribution < -0.4 is 0 Å². The molecule has 1 unspecified atom stereocenters. The van der Waals surface area contributed by atoms with Crippen LogP contribution in [0.2, 0.25) is 0 Å². The molecular weight excluding hydrogens is 1050 g/mol. The lowest BCUT2D eigenvalue weighted by Gasteiger charge is -2.33. The van der Waals surface area contributed by atoms with E-state index in [0.717, 1.165) is 30.5 Å². The van der Waals surface area contributed by atoms with Crippen LogP contribution in [-0.4, -0.2) is 126 Å². The third kappa shape index (κ3) is 20.9. The minimum absolute atomic E-state index is 0. The van der Waals surface area contributed by atoms with Gasteiger partial charge in [0.25, 0.3) is 0 Å². The van der Waals surface area contributed by atoms with Crippen molar-refractivity contribution in [3.05, 3.63) is 34.9 Å². The van der Waals surface area contributed by atoms with Crippen molar-refractivity contribution in [1.82, 2.24) is 14.7 Å². The predicted molar refractivity (Wildman–Crippen MR) is 233 cm³/mol. The maximum absolute atomic E-state index is 12.4. The van der Waals surface area contributed by atoms with E-state index in [9.17, 15) is 83.9 Å². The zero-order chi connectivity index (χ0) is 54.3. The van der Waals surface area contributed by atoms with E-state index in [1.54, 1.807) is 25.1 Å². The van der Waals surface area contributed by atoms with Crippen molar-refractivity contribution in [3.8, 4) is 0 Å². The number of amides is 1. The Morgan fingerprint density at radius 2 is 1.30 bits per heavy atom. The second-order valence-electron chi connectivity index (χ2n) is 16.1. The molecule has 1 aliphatic heterocycles. The number of carbonyl (C=O) groups excluding carboxylic acids is 4. The maximum Gasteiger partial charge on any atom is 0.534 e. The molecule has 4 rings (SSSR count). The monoisotopic (exact) mass is 1110 g/mol. The van der Waals surface area contributed by atoms with Crippen molar-refractivity contribution < 1.29 is 111 Å². The van der Waals surface area contributed by atoms with Gasteiger partial charge in [0.2, 0.25) is 0 Å². The summed E-state index contributed by atoms with van der Waals surface area (Å²) in [7, 11) is -17.7.